The van der Waals surface area contributed by atoms with Crippen LogP contribution in [0.15, 0.2) is 30.3 Å². The first-order valence-corrected chi connectivity index (χ1v) is 9.91. The highest BCUT2D eigenvalue weighted by atomic mass is 32.1. The summed E-state index contributed by atoms with van der Waals surface area (Å²) in [6.45, 7) is 4.36. The van der Waals surface area contributed by atoms with Gasteiger partial charge in [0.25, 0.3) is 5.91 Å². The molecule has 2 N–H and O–H groups in total. The third-order valence-corrected chi connectivity index (χ3v) is 6.45. The monoisotopic (exact) mass is 341 g/mol. The highest BCUT2D eigenvalue weighted by Gasteiger charge is 2.18. The molecule has 1 saturated heterocycles. The van der Waals surface area contributed by atoms with Crippen molar-refractivity contribution in [2.75, 3.05) is 13.1 Å². The van der Waals surface area contributed by atoms with Gasteiger partial charge >= 0.3 is 0 Å². The fourth-order valence-corrected chi connectivity index (χ4v) is 5.00. The Morgan fingerprint density at radius 1 is 1.04 bits per heavy atom. The molecule has 0 unspecified atom stereocenters. The van der Waals surface area contributed by atoms with Crippen molar-refractivity contribution in [2.24, 2.45) is 0 Å². The van der Waals surface area contributed by atoms with Crippen LogP contribution in [0.2, 0.25) is 0 Å². The zero-order valence-electron chi connectivity index (χ0n) is 14.1. The van der Waals surface area contributed by atoms with E-state index in [9.17, 15) is 4.79 Å². The molecule has 0 saturated carbocycles. The maximum atomic E-state index is 12.3. The molecule has 126 valence electrons. The van der Waals surface area contributed by atoms with Crippen LogP contribution < -0.4 is 10.2 Å². The number of amides is 1. The van der Waals surface area contributed by atoms with E-state index in [4.69, 9.17) is 0 Å². The zero-order valence-corrected chi connectivity index (χ0v) is 14.9. The number of fused-ring (bicyclic) bond motifs is 1. The summed E-state index contributed by atoms with van der Waals surface area (Å²) in [5, 5.41) is 3.06. The molecule has 0 bridgehead atoms. The summed E-state index contributed by atoms with van der Waals surface area (Å²) in [5.74, 6) is 0.0694. The van der Waals surface area contributed by atoms with Gasteiger partial charge in [-0.25, -0.2) is 0 Å². The molecule has 1 fully saturated rings. The van der Waals surface area contributed by atoms with E-state index in [-0.39, 0.29) is 5.91 Å². The third-order valence-electron chi connectivity index (χ3n) is 5.21. The maximum Gasteiger partial charge on any atom is 0.261 e. The van der Waals surface area contributed by atoms with Gasteiger partial charge in [-0.3, -0.25) is 4.79 Å². The summed E-state index contributed by atoms with van der Waals surface area (Å²) in [4.78, 5) is 16.3. The van der Waals surface area contributed by atoms with Crippen LogP contribution in [-0.4, -0.2) is 19.0 Å². The van der Waals surface area contributed by atoms with Crippen molar-refractivity contribution < 1.29 is 9.69 Å². The van der Waals surface area contributed by atoms with Crippen molar-refractivity contribution in [2.45, 2.75) is 45.2 Å². The first kappa shape index (κ1) is 15.9. The topological polar surface area (TPSA) is 33.5 Å². The molecule has 3 nitrogen and oxygen atoms in total. The smallest absolute Gasteiger partial charge is 0.261 e. The van der Waals surface area contributed by atoms with Crippen LogP contribution in [0.1, 0.15) is 50.5 Å². The summed E-state index contributed by atoms with van der Waals surface area (Å²) < 4.78 is 0. The Kier molecular flexibility index (Phi) is 4.67. The normalized spacial score (nSPS) is 17.2. The first-order valence-electron chi connectivity index (χ1n) is 9.09. The molecule has 1 amide bonds. The Morgan fingerprint density at radius 3 is 2.54 bits per heavy atom. The van der Waals surface area contributed by atoms with E-state index in [2.05, 4.69) is 35.6 Å². The highest BCUT2D eigenvalue weighted by molar-refractivity contribution is 7.14. The number of quaternary nitrogens is 1. The lowest BCUT2D eigenvalue weighted by molar-refractivity contribution is -0.901. The minimum Gasteiger partial charge on any atom is -0.347 e. The number of rotatable bonds is 5. The predicted molar refractivity (Wildman–Crippen MR) is 97.6 cm³/mol. The van der Waals surface area contributed by atoms with Crippen LogP contribution in [-0.2, 0) is 25.9 Å². The predicted octanol–water partition coefficient (Wildman–Crippen LogP) is 2.35. The van der Waals surface area contributed by atoms with E-state index in [1.54, 1.807) is 16.2 Å². The summed E-state index contributed by atoms with van der Waals surface area (Å²) in [6.07, 6.45) is 6.26. The largest absolute Gasteiger partial charge is 0.347 e. The van der Waals surface area contributed by atoms with Gasteiger partial charge in [0.2, 0.25) is 0 Å². The molecule has 0 radical (unpaired) electrons. The quantitative estimate of drug-likeness (QED) is 0.860. The maximum absolute atomic E-state index is 12.3. The van der Waals surface area contributed by atoms with Gasteiger partial charge in [0.15, 0.2) is 0 Å². The molecule has 2 aliphatic rings. The zero-order chi connectivity index (χ0) is 16.4. The van der Waals surface area contributed by atoms with Gasteiger partial charge in [-0.2, -0.15) is 0 Å². The molecular weight excluding hydrogens is 316 g/mol. The number of likely N-dealkylation sites (tertiary alicyclic amines) is 1. The van der Waals surface area contributed by atoms with Crippen LogP contribution in [0.4, 0.5) is 0 Å². The molecule has 4 heteroatoms. The van der Waals surface area contributed by atoms with Crippen molar-refractivity contribution in [1.29, 1.82) is 0 Å². The number of hydrogen-bond acceptors (Lipinski definition) is 2. The Balaban J connectivity index is 1.30. The number of nitrogens with one attached hydrogen (secondary N) is 2. The molecule has 4 rings (SSSR count). The summed E-state index contributed by atoms with van der Waals surface area (Å²) in [5.41, 5.74) is 3.96. The Morgan fingerprint density at radius 2 is 1.79 bits per heavy atom. The standard InChI is InChI=1S/C20H24N2OS/c23-20(19-12-17-4-3-5-18(17)24-19)21-13-15-6-8-16(9-7-15)14-22-10-1-2-11-22/h6-9,12H,1-5,10-11,13-14H2,(H,21,23)/p+1. The summed E-state index contributed by atoms with van der Waals surface area (Å²) in [6, 6.07) is 10.8. The number of benzene rings is 1. The number of carbonyl (C=O) groups excluding carboxylic acids is 1. The second-order valence-corrected chi connectivity index (χ2v) is 8.18. The van der Waals surface area contributed by atoms with Gasteiger partial charge in [0.05, 0.1) is 18.0 Å². The molecule has 1 aliphatic heterocycles. The Hall–Kier alpha value is -1.65. The van der Waals surface area contributed by atoms with Crippen molar-refractivity contribution in [3.05, 3.63) is 56.8 Å². The lowest BCUT2D eigenvalue weighted by Crippen LogP contribution is -3.08. The van der Waals surface area contributed by atoms with Crippen molar-refractivity contribution in [3.63, 3.8) is 0 Å². The Bertz CT molecular complexity index is 692. The van der Waals surface area contributed by atoms with E-state index in [1.807, 2.05) is 0 Å². The SMILES string of the molecule is O=C(NCc1ccc(C[NH+]2CCCC2)cc1)c1cc2c(s1)CCC2. The second kappa shape index (κ2) is 7.08. The van der Waals surface area contributed by atoms with Crippen molar-refractivity contribution >= 4 is 17.2 Å². The Labute approximate surface area is 147 Å². The average Bonchev–Trinajstić information content (AvgIpc) is 3.31. The number of hydrogen-bond donors (Lipinski definition) is 2. The van der Waals surface area contributed by atoms with E-state index in [0.717, 1.165) is 24.3 Å². The molecule has 1 aromatic carbocycles. The number of carbonyl (C=O) groups is 1. The molecule has 1 aliphatic carbocycles. The van der Waals surface area contributed by atoms with E-state index in [0.29, 0.717) is 6.54 Å². The molecule has 24 heavy (non-hydrogen) atoms. The van der Waals surface area contributed by atoms with Crippen molar-refractivity contribution in [1.82, 2.24) is 5.32 Å². The van der Waals surface area contributed by atoms with Gasteiger partial charge in [0.1, 0.15) is 6.54 Å². The molecule has 0 spiro atoms. The van der Waals surface area contributed by atoms with E-state index in [1.165, 1.54) is 53.9 Å². The molecular formula is C20H25N2OS+. The van der Waals surface area contributed by atoms with Crippen LogP contribution in [0.25, 0.3) is 0 Å². The van der Waals surface area contributed by atoms with Gasteiger partial charge in [-0.1, -0.05) is 24.3 Å². The molecule has 2 aromatic rings. The number of aryl methyl sites for hydroxylation is 2. The van der Waals surface area contributed by atoms with E-state index < -0.39 is 0 Å². The van der Waals surface area contributed by atoms with Gasteiger partial charge in [0, 0.05) is 29.8 Å². The minimum atomic E-state index is 0.0694. The molecule has 2 heterocycles. The van der Waals surface area contributed by atoms with Gasteiger partial charge in [-0.15, -0.1) is 11.3 Å². The van der Waals surface area contributed by atoms with Crippen LogP contribution >= 0.6 is 11.3 Å². The number of thiophene rings is 1. The van der Waals surface area contributed by atoms with Crippen molar-refractivity contribution in [3.8, 4) is 0 Å². The van der Waals surface area contributed by atoms with Gasteiger partial charge in [-0.05, 0) is 36.5 Å². The lowest BCUT2D eigenvalue weighted by Gasteiger charge is -2.12. The summed E-state index contributed by atoms with van der Waals surface area (Å²) >= 11 is 1.67. The first-order chi connectivity index (χ1) is 11.8. The molecule has 0 atom stereocenters. The van der Waals surface area contributed by atoms with Crippen LogP contribution in [0.5, 0.6) is 0 Å². The second-order valence-electron chi connectivity index (χ2n) is 7.05. The van der Waals surface area contributed by atoms with E-state index >= 15 is 0 Å². The highest BCUT2D eigenvalue weighted by Crippen LogP contribution is 2.30. The van der Waals surface area contributed by atoms with Gasteiger partial charge < -0.3 is 10.2 Å². The van der Waals surface area contributed by atoms with Crippen LogP contribution in [0, 0.1) is 0 Å². The lowest BCUT2D eigenvalue weighted by atomic mass is 10.1. The minimum absolute atomic E-state index is 0.0694. The van der Waals surface area contributed by atoms with Crippen LogP contribution in [0.3, 0.4) is 0 Å². The fraction of sp³-hybridized carbons (Fsp3) is 0.450. The molecule has 1 aromatic heterocycles. The fourth-order valence-electron chi connectivity index (χ4n) is 3.83. The summed E-state index contributed by atoms with van der Waals surface area (Å²) in [7, 11) is 0. The average molecular weight is 342 g/mol. The third kappa shape index (κ3) is 3.55.